The maximum atomic E-state index is 5.49. The summed E-state index contributed by atoms with van der Waals surface area (Å²) in [6.45, 7) is 4.72. The second kappa shape index (κ2) is 6.43. The van der Waals surface area contributed by atoms with Crippen LogP contribution in [0.1, 0.15) is 26.2 Å². The Kier molecular flexibility index (Phi) is 5.07. The lowest BCUT2D eigenvalue weighted by atomic mass is 10.4. The Bertz CT molecular complexity index is 247. The van der Waals surface area contributed by atoms with Crippen LogP contribution in [0.25, 0.3) is 0 Å². The third kappa shape index (κ3) is 4.28. The van der Waals surface area contributed by atoms with Crippen LogP contribution >= 0.6 is 0 Å². The largest absolute Gasteiger partial charge is 0.382 e. The van der Waals surface area contributed by atoms with E-state index in [4.69, 9.17) is 10.5 Å². The lowest BCUT2D eigenvalue weighted by Gasteiger charge is -2.03. The van der Waals surface area contributed by atoms with Gasteiger partial charge in [-0.25, -0.2) is 0 Å². The second-order valence-electron chi connectivity index (χ2n) is 3.32. The van der Waals surface area contributed by atoms with E-state index in [1.807, 2.05) is 10.9 Å². The summed E-state index contributed by atoms with van der Waals surface area (Å²) >= 11 is 0. The van der Waals surface area contributed by atoms with Crippen molar-refractivity contribution in [2.45, 2.75) is 32.7 Å². The van der Waals surface area contributed by atoms with Crippen molar-refractivity contribution in [3.05, 3.63) is 12.3 Å². The number of nitrogen functional groups attached to an aromatic ring is 1. The van der Waals surface area contributed by atoms with E-state index in [1.54, 1.807) is 6.07 Å². The average Bonchev–Trinajstić information content (AvgIpc) is 2.58. The monoisotopic (exact) mass is 197 g/mol. The number of hydrogen-bond donors (Lipinski definition) is 1. The first-order valence-electron chi connectivity index (χ1n) is 5.19. The van der Waals surface area contributed by atoms with Gasteiger partial charge in [-0.2, -0.15) is 5.10 Å². The van der Waals surface area contributed by atoms with Gasteiger partial charge in [0.15, 0.2) is 0 Å². The zero-order valence-electron chi connectivity index (χ0n) is 8.78. The fourth-order valence-corrected chi connectivity index (χ4v) is 1.18. The first kappa shape index (κ1) is 11.0. The summed E-state index contributed by atoms with van der Waals surface area (Å²) in [4.78, 5) is 0. The Morgan fingerprint density at radius 3 is 2.86 bits per heavy atom. The van der Waals surface area contributed by atoms with Crippen LogP contribution < -0.4 is 5.73 Å². The molecule has 0 aliphatic heterocycles. The highest BCUT2D eigenvalue weighted by Gasteiger charge is 1.94. The highest BCUT2D eigenvalue weighted by atomic mass is 16.5. The minimum atomic E-state index is 0.580. The predicted molar refractivity (Wildman–Crippen MR) is 57.0 cm³/mol. The van der Waals surface area contributed by atoms with Gasteiger partial charge in [-0.15, -0.1) is 0 Å². The van der Waals surface area contributed by atoms with E-state index in [-0.39, 0.29) is 0 Å². The van der Waals surface area contributed by atoms with Crippen LogP contribution in [-0.2, 0) is 11.3 Å². The minimum absolute atomic E-state index is 0.580. The van der Waals surface area contributed by atoms with Gasteiger partial charge in [0.2, 0.25) is 0 Å². The molecule has 0 aliphatic rings. The molecular formula is C10H19N3O. The molecule has 0 amide bonds. The normalized spacial score (nSPS) is 10.6. The Labute approximate surface area is 85.0 Å². The summed E-state index contributed by atoms with van der Waals surface area (Å²) in [5.41, 5.74) is 5.49. The Balaban J connectivity index is 1.99. The fourth-order valence-electron chi connectivity index (χ4n) is 1.18. The van der Waals surface area contributed by atoms with Gasteiger partial charge in [0.1, 0.15) is 5.82 Å². The fraction of sp³-hybridized carbons (Fsp3) is 0.700. The molecule has 1 heterocycles. The van der Waals surface area contributed by atoms with Crippen LogP contribution in [0.3, 0.4) is 0 Å². The summed E-state index contributed by atoms with van der Waals surface area (Å²) in [5, 5.41) is 4.08. The van der Waals surface area contributed by atoms with Gasteiger partial charge < -0.3 is 10.5 Å². The van der Waals surface area contributed by atoms with Crippen molar-refractivity contribution in [3.8, 4) is 0 Å². The molecule has 0 bridgehead atoms. The van der Waals surface area contributed by atoms with Crippen LogP contribution in [0.15, 0.2) is 12.3 Å². The minimum Gasteiger partial charge on any atom is -0.382 e. The molecule has 80 valence electrons. The van der Waals surface area contributed by atoms with Gasteiger partial charge in [0, 0.05) is 26.0 Å². The number of hydrogen-bond acceptors (Lipinski definition) is 3. The van der Waals surface area contributed by atoms with Gasteiger partial charge in [-0.1, -0.05) is 13.3 Å². The molecule has 1 rings (SSSR count). The maximum absolute atomic E-state index is 5.49. The molecule has 0 saturated carbocycles. The van der Waals surface area contributed by atoms with E-state index < -0.39 is 0 Å². The summed E-state index contributed by atoms with van der Waals surface area (Å²) in [7, 11) is 0. The van der Waals surface area contributed by atoms with Gasteiger partial charge in [-0.3, -0.25) is 4.68 Å². The van der Waals surface area contributed by atoms with Gasteiger partial charge in [-0.05, 0) is 18.9 Å². The second-order valence-corrected chi connectivity index (χ2v) is 3.32. The lowest BCUT2D eigenvalue weighted by molar-refractivity contribution is 0.125. The van der Waals surface area contributed by atoms with E-state index in [2.05, 4.69) is 12.0 Å². The van der Waals surface area contributed by atoms with Crippen LogP contribution in [0.2, 0.25) is 0 Å². The SMILES string of the molecule is CCCCOCCCn1ccc(N)n1. The number of nitrogens with two attached hydrogens (primary N) is 1. The molecule has 14 heavy (non-hydrogen) atoms. The number of anilines is 1. The quantitative estimate of drug-likeness (QED) is 0.676. The maximum Gasteiger partial charge on any atom is 0.145 e. The van der Waals surface area contributed by atoms with Gasteiger partial charge >= 0.3 is 0 Å². The third-order valence-corrected chi connectivity index (χ3v) is 1.98. The predicted octanol–water partition coefficient (Wildman–Crippen LogP) is 1.67. The highest BCUT2D eigenvalue weighted by molar-refractivity contribution is 5.23. The van der Waals surface area contributed by atoms with Crippen LogP contribution in [-0.4, -0.2) is 23.0 Å². The Morgan fingerprint density at radius 1 is 1.43 bits per heavy atom. The number of nitrogens with zero attached hydrogens (tertiary/aromatic N) is 2. The molecule has 2 N–H and O–H groups in total. The Morgan fingerprint density at radius 2 is 2.21 bits per heavy atom. The van der Waals surface area contributed by atoms with E-state index >= 15 is 0 Å². The molecule has 0 saturated heterocycles. The number of aryl methyl sites for hydroxylation is 1. The van der Waals surface area contributed by atoms with Crippen LogP contribution in [0.5, 0.6) is 0 Å². The van der Waals surface area contributed by atoms with Gasteiger partial charge in [0.25, 0.3) is 0 Å². The van der Waals surface area contributed by atoms with Crippen LogP contribution in [0.4, 0.5) is 5.82 Å². The van der Waals surface area contributed by atoms with Crippen molar-refractivity contribution in [1.82, 2.24) is 9.78 Å². The molecule has 1 aromatic rings. The first-order valence-corrected chi connectivity index (χ1v) is 5.19. The average molecular weight is 197 g/mol. The molecule has 4 nitrogen and oxygen atoms in total. The number of unbranched alkanes of at least 4 members (excludes halogenated alkanes) is 1. The van der Waals surface area contributed by atoms with Crippen molar-refractivity contribution < 1.29 is 4.74 Å². The van der Waals surface area contributed by atoms with Crippen molar-refractivity contribution in [2.24, 2.45) is 0 Å². The zero-order valence-corrected chi connectivity index (χ0v) is 8.78. The molecule has 0 unspecified atom stereocenters. The number of rotatable bonds is 7. The molecule has 1 aromatic heterocycles. The molecule has 0 atom stereocenters. The number of aromatic nitrogens is 2. The van der Waals surface area contributed by atoms with Crippen molar-refractivity contribution >= 4 is 5.82 Å². The van der Waals surface area contributed by atoms with E-state index in [9.17, 15) is 0 Å². The Hall–Kier alpha value is -1.03. The zero-order chi connectivity index (χ0) is 10.2. The number of ether oxygens (including phenoxy) is 1. The topological polar surface area (TPSA) is 53.1 Å². The molecule has 0 aromatic carbocycles. The summed E-state index contributed by atoms with van der Waals surface area (Å²) in [6.07, 6.45) is 5.22. The van der Waals surface area contributed by atoms with Crippen molar-refractivity contribution in [1.29, 1.82) is 0 Å². The first-order chi connectivity index (χ1) is 6.83. The highest BCUT2D eigenvalue weighted by Crippen LogP contribution is 1.97. The molecular weight excluding hydrogens is 178 g/mol. The summed E-state index contributed by atoms with van der Waals surface area (Å²) in [6, 6.07) is 1.80. The molecule has 0 radical (unpaired) electrons. The summed E-state index contributed by atoms with van der Waals surface area (Å²) in [5.74, 6) is 0.580. The van der Waals surface area contributed by atoms with Crippen molar-refractivity contribution in [2.75, 3.05) is 18.9 Å². The molecule has 4 heteroatoms. The standard InChI is InChI=1S/C10H19N3O/c1-2-3-8-14-9-4-6-13-7-5-10(11)12-13/h5,7H,2-4,6,8-9H2,1H3,(H2,11,12). The van der Waals surface area contributed by atoms with E-state index in [0.717, 1.165) is 32.6 Å². The lowest BCUT2D eigenvalue weighted by Crippen LogP contribution is -2.04. The van der Waals surface area contributed by atoms with Crippen LogP contribution in [0, 0.1) is 0 Å². The smallest absolute Gasteiger partial charge is 0.145 e. The molecule has 0 fully saturated rings. The van der Waals surface area contributed by atoms with E-state index in [0.29, 0.717) is 5.82 Å². The molecule has 0 spiro atoms. The molecule has 0 aliphatic carbocycles. The van der Waals surface area contributed by atoms with Gasteiger partial charge in [0.05, 0.1) is 0 Å². The van der Waals surface area contributed by atoms with Crippen molar-refractivity contribution in [3.63, 3.8) is 0 Å². The van der Waals surface area contributed by atoms with E-state index in [1.165, 1.54) is 6.42 Å². The third-order valence-electron chi connectivity index (χ3n) is 1.98. The summed E-state index contributed by atoms with van der Waals surface area (Å²) < 4.78 is 7.28.